The quantitative estimate of drug-likeness (QED) is 0.527. The van der Waals surface area contributed by atoms with Crippen LogP contribution in [0.3, 0.4) is 0 Å². The molecule has 0 heterocycles. The molecule has 0 fully saturated rings. The minimum Gasteiger partial charge on any atom is -0.379 e. The number of nitrogens with zero attached hydrogens (tertiary/aromatic N) is 2. The average Bonchev–Trinajstić information content (AvgIpc) is 2.71. The summed E-state index contributed by atoms with van der Waals surface area (Å²) in [6.07, 6.45) is 0. The van der Waals surface area contributed by atoms with Gasteiger partial charge in [-0.2, -0.15) is 0 Å². The van der Waals surface area contributed by atoms with Crippen LogP contribution in [0.4, 0.5) is 0 Å². The van der Waals surface area contributed by atoms with E-state index in [9.17, 15) is 9.59 Å². The van der Waals surface area contributed by atoms with Crippen molar-refractivity contribution in [1.82, 2.24) is 9.80 Å². The van der Waals surface area contributed by atoms with Gasteiger partial charge in [0, 0.05) is 26.2 Å². The third-order valence-corrected chi connectivity index (χ3v) is 3.98. The van der Waals surface area contributed by atoms with Gasteiger partial charge in [-0.1, -0.05) is 11.1 Å². The molecule has 0 bridgehead atoms. The summed E-state index contributed by atoms with van der Waals surface area (Å²) in [6, 6.07) is 20.4. The van der Waals surface area contributed by atoms with Gasteiger partial charge in [-0.15, -0.1) is 60.7 Å². The van der Waals surface area contributed by atoms with Crippen LogP contribution in [-0.2, 0) is 19.5 Å². The molecule has 0 aliphatic carbocycles. The Morgan fingerprint density at radius 3 is 1.26 bits per heavy atom. The molecular formula is C22H28N2O2Zn. The Kier molecular flexibility index (Phi) is 13.1. The zero-order chi connectivity index (χ0) is 19.4. The molecule has 0 saturated carbocycles. The number of carbonyl (C=O) groups is 2. The van der Waals surface area contributed by atoms with Gasteiger partial charge < -0.3 is 19.4 Å². The SMILES string of the molecule is CCN(CC)C(=O)c1[c-]cccc1.CCN(CC)C(=O)c1[c-]cccc1.[Zn+2]. The van der Waals surface area contributed by atoms with Gasteiger partial charge >= 0.3 is 19.5 Å². The van der Waals surface area contributed by atoms with Gasteiger partial charge in [-0.25, -0.2) is 0 Å². The second kappa shape index (κ2) is 14.1. The second-order valence-corrected chi connectivity index (χ2v) is 5.51. The molecular weight excluding hydrogens is 390 g/mol. The topological polar surface area (TPSA) is 40.6 Å². The third kappa shape index (κ3) is 8.05. The van der Waals surface area contributed by atoms with Crippen LogP contribution >= 0.6 is 0 Å². The van der Waals surface area contributed by atoms with E-state index in [0.717, 1.165) is 26.2 Å². The summed E-state index contributed by atoms with van der Waals surface area (Å²) in [4.78, 5) is 27.0. The van der Waals surface area contributed by atoms with Gasteiger partial charge in [0.1, 0.15) is 0 Å². The van der Waals surface area contributed by atoms with Crippen LogP contribution in [0.2, 0.25) is 0 Å². The predicted octanol–water partition coefficient (Wildman–Crippen LogP) is 3.94. The van der Waals surface area contributed by atoms with Crippen LogP contribution in [-0.4, -0.2) is 47.8 Å². The fourth-order valence-electron chi connectivity index (χ4n) is 2.42. The van der Waals surface area contributed by atoms with E-state index >= 15 is 0 Å². The van der Waals surface area contributed by atoms with Crippen molar-refractivity contribution in [2.75, 3.05) is 26.2 Å². The van der Waals surface area contributed by atoms with E-state index in [-0.39, 0.29) is 31.3 Å². The van der Waals surface area contributed by atoms with Crippen molar-refractivity contribution in [1.29, 1.82) is 0 Å². The summed E-state index contributed by atoms with van der Waals surface area (Å²) in [6.45, 7) is 10.9. The Labute approximate surface area is 176 Å². The van der Waals surface area contributed by atoms with Crippen molar-refractivity contribution in [3.63, 3.8) is 0 Å². The molecule has 5 heteroatoms. The maximum Gasteiger partial charge on any atom is 2.00 e. The first-order valence-corrected chi connectivity index (χ1v) is 9.10. The Morgan fingerprint density at radius 1 is 0.704 bits per heavy atom. The Balaban J connectivity index is 0.000000483. The summed E-state index contributed by atoms with van der Waals surface area (Å²) in [7, 11) is 0. The van der Waals surface area contributed by atoms with Crippen molar-refractivity contribution >= 4 is 11.8 Å². The normalized spacial score (nSPS) is 9.33. The monoisotopic (exact) mass is 416 g/mol. The molecule has 0 spiro atoms. The number of rotatable bonds is 6. The van der Waals surface area contributed by atoms with Gasteiger partial charge in [-0.05, 0) is 27.7 Å². The summed E-state index contributed by atoms with van der Waals surface area (Å²) in [5.41, 5.74) is 1.29. The zero-order valence-corrected chi connectivity index (χ0v) is 19.8. The molecule has 4 nitrogen and oxygen atoms in total. The molecule has 140 valence electrons. The Bertz CT molecular complexity index is 595. The summed E-state index contributed by atoms with van der Waals surface area (Å²) in [5.74, 6) is 0.121. The predicted molar refractivity (Wildman–Crippen MR) is 105 cm³/mol. The van der Waals surface area contributed by atoms with Crippen LogP contribution in [0.15, 0.2) is 48.5 Å². The first-order chi connectivity index (χ1) is 12.6. The molecule has 0 radical (unpaired) electrons. The van der Waals surface area contributed by atoms with Gasteiger partial charge in [0.25, 0.3) is 0 Å². The van der Waals surface area contributed by atoms with Gasteiger partial charge in [0.15, 0.2) is 11.8 Å². The van der Waals surface area contributed by atoms with Crippen molar-refractivity contribution < 1.29 is 29.1 Å². The van der Waals surface area contributed by atoms with Gasteiger partial charge in [-0.3, -0.25) is 0 Å². The van der Waals surface area contributed by atoms with E-state index in [0.29, 0.717) is 11.1 Å². The van der Waals surface area contributed by atoms with Crippen LogP contribution in [0.1, 0.15) is 48.4 Å². The van der Waals surface area contributed by atoms with E-state index in [1.807, 2.05) is 52.0 Å². The standard InChI is InChI=1S/2C11H14NO.Zn/c2*1-3-12(4-2)11(13)10-8-6-5-7-9-10;/h2*5-8H,3-4H2,1-2H3;/q2*-1;+2. The molecule has 0 atom stereocenters. The number of hydrogen-bond donors (Lipinski definition) is 0. The molecule has 0 aromatic heterocycles. The molecule has 0 aliphatic rings. The van der Waals surface area contributed by atoms with E-state index in [2.05, 4.69) is 12.1 Å². The summed E-state index contributed by atoms with van der Waals surface area (Å²) < 4.78 is 0. The number of carbonyl (C=O) groups excluding carboxylic acids is 2. The van der Waals surface area contributed by atoms with Crippen molar-refractivity contribution in [3.05, 3.63) is 71.8 Å². The molecule has 0 aliphatic heterocycles. The van der Waals surface area contributed by atoms with E-state index < -0.39 is 0 Å². The average molecular weight is 418 g/mol. The molecule has 2 aromatic rings. The summed E-state index contributed by atoms with van der Waals surface area (Å²) >= 11 is 0. The van der Waals surface area contributed by atoms with E-state index in [1.54, 1.807) is 34.1 Å². The first-order valence-electron chi connectivity index (χ1n) is 9.10. The van der Waals surface area contributed by atoms with Crippen LogP contribution in [0, 0.1) is 12.1 Å². The third-order valence-electron chi connectivity index (χ3n) is 3.98. The van der Waals surface area contributed by atoms with Crippen molar-refractivity contribution in [2.45, 2.75) is 27.7 Å². The number of amides is 2. The second-order valence-electron chi connectivity index (χ2n) is 5.51. The molecule has 27 heavy (non-hydrogen) atoms. The fourth-order valence-corrected chi connectivity index (χ4v) is 2.42. The van der Waals surface area contributed by atoms with Crippen LogP contribution in [0.25, 0.3) is 0 Å². The van der Waals surface area contributed by atoms with Gasteiger partial charge in [0.05, 0.1) is 0 Å². The smallest absolute Gasteiger partial charge is 0.379 e. The zero-order valence-electron chi connectivity index (χ0n) is 16.9. The van der Waals surface area contributed by atoms with Crippen molar-refractivity contribution in [3.8, 4) is 0 Å². The Hall–Kier alpha value is -2.00. The molecule has 0 N–H and O–H groups in total. The first kappa shape index (κ1) is 25.0. The summed E-state index contributed by atoms with van der Waals surface area (Å²) in [5, 5.41) is 0. The molecule has 0 unspecified atom stereocenters. The molecule has 2 aromatic carbocycles. The molecule has 0 saturated heterocycles. The maximum atomic E-state index is 11.7. The van der Waals surface area contributed by atoms with E-state index in [1.165, 1.54) is 0 Å². The molecule has 2 amide bonds. The minimum atomic E-state index is 0. The fraction of sp³-hybridized carbons (Fsp3) is 0.364. The number of hydrogen-bond acceptors (Lipinski definition) is 2. The Morgan fingerprint density at radius 2 is 1.04 bits per heavy atom. The van der Waals surface area contributed by atoms with Crippen molar-refractivity contribution in [2.24, 2.45) is 0 Å². The van der Waals surface area contributed by atoms with Crippen LogP contribution < -0.4 is 0 Å². The molecule has 2 rings (SSSR count). The maximum absolute atomic E-state index is 11.7. The van der Waals surface area contributed by atoms with E-state index in [4.69, 9.17) is 0 Å². The number of benzene rings is 2. The van der Waals surface area contributed by atoms with Gasteiger partial charge in [0.2, 0.25) is 0 Å². The van der Waals surface area contributed by atoms with Crippen LogP contribution in [0.5, 0.6) is 0 Å². The minimum absolute atomic E-state index is 0. The largest absolute Gasteiger partial charge is 2.00 e.